The number of nitrogens with zero attached hydrogens (tertiary/aromatic N) is 3. The number of carbonyl (C=O) groups is 1. The largest absolute Gasteiger partial charge is 0.491 e. The van der Waals surface area contributed by atoms with Gasteiger partial charge >= 0.3 is 0 Å². The van der Waals surface area contributed by atoms with Crippen LogP contribution in [0.5, 0.6) is 11.5 Å². The van der Waals surface area contributed by atoms with E-state index in [-0.39, 0.29) is 64.8 Å². The molecule has 2 aromatic carbocycles. The van der Waals surface area contributed by atoms with E-state index in [4.69, 9.17) is 26.5 Å². The van der Waals surface area contributed by atoms with Gasteiger partial charge in [-0.2, -0.15) is 0 Å². The summed E-state index contributed by atoms with van der Waals surface area (Å²) in [6.45, 7) is 8.27. The molecule has 1 amide bonds. The minimum Gasteiger partial charge on any atom is -0.491 e. The second kappa shape index (κ2) is 12.4. The SMILES string of the molecule is [C-]#[N+]c1cc2c(c([N+](=O)[O-])c1)N[C@@H](CCCNc1c(OCCCOC)cc(C(N)=O)cc1[N+](=O)[O-])CO2. The van der Waals surface area contributed by atoms with Crippen LogP contribution in [0.3, 0.4) is 0 Å². The smallest absolute Gasteiger partial charge is 0.296 e. The van der Waals surface area contributed by atoms with Gasteiger partial charge < -0.3 is 30.6 Å². The maximum Gasteiger partial charge on any atom is 0.296 e. The Labute approximate surface area is 211 Å². The summed E-state index contributed by atoms with van der Waals surface area (Å²) in [6, 6.07) is 4.83. The van der Waals surface area contributed by atoms with Gasteiger partial charge in [0.1, 0.15) is 18.1 Å². The molecule has 196 valence electrons. The van der Waals surface area contributed by atoms with Crippen LogP contribution in [0, 0.1) is 26.8 Å². The maximum atomic E-state index is 11.7. The van der Waals surface area contributed by atoms with Crippen molar-refractivity contribution < 1.29 is 28.9 Å². The number of nitro benzene ring substituents is 2. The molecule has 0 bridgehead atoms. The van der Waals surface area contributed by atoms with Crippen LogP contribution in [0.2, 0.25) is 0 Å². The van der Waals surface area contributed by atoms with Crippen LogP contribution in [0.25, 0.3) is 4.85 Å². The van der Waals surface area contributed by atoms with E-state index in [0.29, 0.717) is 32.4 Å². The van der Waals surface area contributed by atoms with Crippen LogP contribution in [0.4, 0.5) is 28.4 Å². The van der Waals surface area contributed by atoms with E-state index < -0.39 is 15.8 Å². The van der Waals surface area contributed by atoms with Crippen molar-refractivity contribution in [2.24, 2.45) is 5.73 Å². The summed E-state index contributed by atoms with van der Waals surface area (Å²) in [6.07, 6.45) is 1.57. The van der Waals surface area contributed by atoms with Gasteiger partial charge in [0.2, 0.25) is 5.91 Å². The fourth-order valence-corrected chi connectivity index (χ4v) is 3.77. The lowest BCUT2D eigenvalue weighted by Crippen LogP contribution is -2.32. The molecule has 14 nitrogen and oxygen atoms in total. The molecule has 37 heavy (non-hydrogen) atoms. The maximum absolute atomic E-state index is 11.7. The molecule has 1 atom stereocenters. The normalized spacial score (nSPS) is 13.9. The zero-order chi connectivity index (χ0) is 26.9. The molecule has 1 aliphatic rings. The van der Waals surface area contributed by atoms with Gasteiger partial charge in [0, 0.05) is 44.4 Å². The Hall–Kier alpha value is -4.64. The van der Waals surface area contributed by atoms with Crippen LogP contribution in [-0.4, -0.2) is 55.3 Å². The molecule has 0 unspecified atom stereocenters. The monoisotopic (exact) mass is 514 g/mol. The highest BCUT2D eigenvalue weighted by Gasteiger charge is 2.28. The molecule has 3 rings (SSSR count). The van der Waals surface area contributed by atoms with Crippen molar-refractivity contribution in [1.29, 1.82) is 0 Å². The van der Waals surface area contributed by atoms with Crippen molar-refractivity contribution in [2.75, 3.05) is 44.1 Å². The molecule has 2 aromatic rings. The number of nitro groups is 2. The third-order valence-electron chi connectivity index (χ3n) is 5.52. The summed E-state index contributed by atoms with van der Waals surface area (Å²) in [5.74, 6) is -0.453. The first-order valence-corrected chi connectivity index (χ1v) is 11.3. The van der Waals surface area contributed by atoms with Crippen molar-refractivity contribution in [1.82, 2.24) is 0 Å². The van der Waals surface area contributed by atoms with Crippen LogP contribution in [0.15, 0.2) is 24.3 Å². The number of ether oxygens (including phenoxy) is 3. The zero-order valence-electron chi connectivity index (χ0n) is 20.0. The van der Waals surface area contributed by atoms with Crippen molar-refractivity contribution in [2.45, 2.75) is 25.3 Å². The summed E-state index contributed by atoms with van der Waals surface area (Å²) in [7, 11) is 1.54. The number of benzene rings is 2. The Bertz CT molecular complexity index is 1230. The number of primary amides is 1. The molecule has 1 aliphatic heterocycles. The van der Waals surface area contributed by atoms with Gasteiger partial charge in [-0.15, -0.1) is 0 Å². The molecular formula is C23H26N6O8. The van der Waals surface area contributed by atoms with E-state index in [1.807, 2.05) is 0 Å². The quantitative estimate of drug-likeness (QED) is 0.154. The number of fused-ring (bicyclic) bond motifs is 1. The highest BCUT2D eigenvalue weighted by molar-refractivity contribution is 5.95. The first-order valence-electron chi connectivity index (χ1n) is 11.3. The summed E-state index contributed by atoms with van der Waals surface area (Å²) in [5, 5.41) is 29.3. The molecule has 0 aliphatic carbocycles. The Kier molecular flexibility index (Phi) is 9.00. The van der Waals surface area contributed by atoms with Crippen molar-refractivity contribution in [3.63, 3.8) is 0 Å². The average Bonchev–Trinajstić information content (AvgIpc) is 2.88. The van der Waals surface area contributed by atoms with Gasteiger partial charge in [0.05, 0.1) is 29.1 Å². The Morgan fingerprint density at radius 3 is 2.62 bits per heavy atom. The lowest BCUT2D eigenvalue weighted by atomic mass is 10.1. The number of methoxy groups -OCH3 is 1. The molecular weight excluding hydrogens is 488 g/mol. The van der Waals surface area contributed by atoms with E-state index in [1.165, 1.54) is 18.2 Å². The summed E-state index contributed by atoms with van der Waals surface area (Å²) < 4.78 is 16.3. The number of anilines is 2. The lowest BCUT2D eigenvalue weighted by molar-refractivity contribution is -0.384. The number of amides is 1. The van der Waals surface area contributed by atoms with Gasteiger partial charge in [-0.3, -0.25) is 25.0 Å². The topological polar surface area (TPSA) is 185 Å². The average molecular weight is 514 g/mol. The molecule has 1 heterocycles. The first-order chi connectivity index (χ1) is 17.7. The van der Waals surface area contributed by atoms with Crippen LogP contribution in [0.1, 0.15) is 29.6 Å². The van der Waals surface area contributed by atoms with Crippen LogP contribution >= 0.6 is 0 Å². The highest BCUT2D eigenvalue weighted by Crippen LogP contribution is 2.42. The Morgan fingerprint density at radius 2 is 1.97 bits per heavy atom. The van der Waals surface area contributed by atoms with Crippen molar-refractivity contribution in [3.05, 3.63) is 61.5 Å². The summed E-state index contributed by atoms with van der Waals surface area (Å²) in [5.41, 5.74) is 5.13. The fourth-order valence-electron chi connectivity index (χ4n) is 3.77. The molecule has 0 saturated carbocycles. The van der Waals surface area contributed by atoms with Gasteiger partial charge in [0.25, 0.3) is 11.4 Å². The fraction of sp³-hybridized carbons (Fsp3) is 0.391. The Morgan fingerprint density at radius 1 is 1.22 bits per heavy atom. The van der Waals surface area contributed by atoms with Crippen molar-refractivity contribution in [3.8, 4) is 11.5 Å². The second-order valence-electron chi connectivity index (χ2n) is 8.11. The van der Waals surface area contributed by atoms with E-state index in [0.717, 1.165) is 6.07 Å². The number of rotatable bonds is 13. The molecule has 0 spiro atoms. The first kappa shape index (κ1) is 27.0. The minimum atomic E-state index is -0.822. The van der Waals surface area contributed by atoms with Crippen LogP contribution < -0.4 is 25.8 Å². The van der Waals surface area contributed by atoms with Crippen LogP contribution in [-0.2, 0) is 4.74 Å². The number of nitrogens with two attached hydrogens (primary N) is 1. The number of carbonyl (C=O) groups excluding carboxylic acids is 1. The van der Waals surface area contributed by atoms with Gasteiger partial charge in [0.15, 0.2) is 17.1 Å². The predicted octanol–water partition coefficient (Wildman–Crippen LogP) is 3.63. The predicted molar refractivity (Wildman–Crippen MR) is 134 cm³/mol. The van der Waals surface area contributed by atoms with E-state index in [2.05, 4.69) is 15.5 Å². The second-order valence-corrected chi connectivity index (χ2v) is 8.11. The third kappa shape index (κ3) is 6.73. The number of nitrogens with one attached hydrogen (secondary N) is 2. The van der Waals surface area contributed by atoms with Gasteiger partial charge in [-0.1, -0.05) is 0 Å². The minimum absolute atomic E-state index is 0.0517. The van der Waals surface area contributed by atoms with Gasteiger partial charge in [-0.25, -0.2) is 4.85 Å². The number of hydrogen-bond acceptors (Lipinski definition) is 10. The highest BCUT2D eigenvalue weighted by atomic mass is 16.6. The standard InChI is InChI=1S/C23H26N6O8/c1-25-16-11-18(29(33)34)22-20(12-16)37-13-15(27-22)5-3-6-26-21-17(28(31)32)9-14(23(24)30)10-19(21)36-8-4-7-35-2/h9-12,15,26-27H,3-8,13H2,2H3,(H2,24,30)/t15-/m0/s1. The zero-order valence-corrected chi connectivity index (χ0v) is 20.0. The molecule has 14 heteroatoms. The molecule has 0 radical (unpaired) electrons. The molecule has 4 N–H and O–H groups in total. The van der Waals surface area contributed by atoms with E-state index >= 15 is 0 Å². The summed E-state index contributed by atoms with van der Waals surface area (Å²) in [4.78, 5) is 36.9. The molecule has 0 saturated heterocycles. The summed E-state index contributed by atoms with van der Waals surface area (Å²) >= 11 is 0. The van der Waals surface area contributed by atoms with E-state index in [1.54, 1.807) is 7.11 Å². The van der Waals surface area contributed by atoms with Crippen molar-refractivity contribution >= 4 is 34.3 Å². The third-order valence-corrected chi connectivity index (χ3v) is 5.52. The lowest BCUT2D eigenvalue weighted by Gasteiger charge is -2.27. The number of hydrogen-bond donors (Lipinski definition) is 3. The molecule has 0 fully saturated rings. The van der Waals surface area contributed by atoms with Gasteiger partial charge in [-0.05, 0) is 25.0 Å². The molecule has 0 aromatic heterocycles. The Balaban J connectivity index is 1.69. The van der Waals surface area contributed by atoms with E-state index in [9.17, 15) is 25.0 Å².